The van der Waals surface area contributed by atoms with Crippen molar-refractivity contribution >= 4 is 21.7 Å². The zero-order valence-corrected chi connectivity index (χ0v) is 16.3. The molecule has 2 rings (SSSR count). The van der Waals surface area contributed by atoms with Crippen molar-refractivity contribution in [3.8, 4) is 11.5 Å². The monoisotopic (exact) mass is 392 g/mol. The summed E-state index contributed by atoms with van der Waals surface area (Å²) >= 11 is 3.37. The summed E-state index contributed by atoms with van der Waals surface area (Å²) in [5.41, 5.74) is 1.63. The molecule has 1 aromatic rings. The van der Waals surface area contributed by atoms with Crippen LogP contribution < -0.4 is 4.74 Å². The fourth-order valence-corrected chi connectivity index (χ4v) is 4.26. The summed E-state index contributed by atoms with van der Waals surface area (Å²) in [6.07, 6.45) is 5.00. The lowest BCUT2D eigenvalue weighted by Gasteiger charge is -2.43. The minimum absolute atomic E-state index is 0.124. The van der Waals surface area contributed by atoms with Gasteiger partial charge in [0.15, 0.2) is 5.78 Å². The highest BCUT2D eigenvalue weighted by Crippen LogP contribution is 2.47. The molecule has 130 valence electrons. The summed E-state index contributed by atoms with van der Waals surface area (Å²) < 4.78 is 6.01. The van der Waals surface area contributed by atoms with Crippen LogP contribution in [0.2, 0.25) is 0 Å². The Bertz CT molecular complexity index is 688. The molecule has 0 bridgehead atoms. The van der Waals surface area contributed by atoms with Gasteiger partial charge in [0.25, 0.3) is 0 Å². The van der Waals surface area contributed by atoms with E-state index < -0.39 is 0 Å². The number of phenols is 1. The highest BCUT2D eigenvalue weighted by molar-refractivity contribution is 9.10. The van der Waals surface area contributed by atoms with Crippen LogP contribution in [0.3, 0.4) is 0 Å². The number of benzene rings is 1. The lowest BCUT2D eigenvalue weighted by Crippen LogP contribution is -2.42. The van der Waals surface area contributed by atoms with Gasteiger partial charge < -0.3 is 9.84 Å². The van der Waals surface area contributed by atoms with E-state index in [1.807, 2.05) is 13.0 Å². The number of rotatable bonds is 5. The molecule has 24 heavy (non-hydrogen) atoms. The smallest absolute Gasteiger partial charge is 0.159 e. The highest BCUT2D eigenvalue weighted by atomic mass is 79.9. The number of phenolic OH excluding ortho intramolecular Hbond substituents is 1. The predicted molar refractivity (Wildman–Crippen MR) is 100 cm³/mol. The lowest BCUT2D eigenvalue weighted by molar-refractivity contribution is -0.123. The first kappa shape index (κ1) is 18.8. The van der Waals surface area contributed by atoms with Crippen molar-refractivity contribution in [2.45, 2.75) is 33.6 Å². The zero-order valence-electron chi connectivity index (χ0n) is 14.7. The Morgan fingerprint density at radius 3 is 2.62 bits per heavy atom. The van der Waals surface area contributed by atoms with E-state index in [1.54, 1.807) is 25.3 Å². The number of aromatic hydroxyl groups is 1. The summed E-state index contributed by atoms with van der Waals surface area (Å²) in [6, 6.07) is 3.42. The van der Waals surface area contributed by atoms with Crippen molar-refractivity contribution in [3.63, 3.8) is 0 Å². The van der Waals surface area contributed by atoms with Crippen molar-refractivity contribution in [1.82, 2.24) is 0 Å². The maximum atomic E-state index is 12.7. The molecule has 0 aliphatic heterocycles. The molecule has 0 spiro atoms. The third-order valence-corrected chi connectivity index (χ3v) is 5.86. The lowest BCUT2D eigenvalue weighted by atomic mass is 9.59. The van der Waals surface area contributed by atoms with Crippen molar-refractivity contribution in [1.29, 1.82) is 0 Å². The Kier molecular flexibility index (Phi) is 5.59. The van der Waals surface area contributed by atoms with Gasteiger partial charge in [0.2, 0.25) is 0 Å². The minimum atomic E-state index is -0.211. The van der Waals surface area contributed by atoms with Gasteiger partial charge in [0.1, 0.15) is 11.5 Å². The molecule has 0 saturated heterocycles. The number of hydrogen-bond acceptors (Lipinski definition) is 3. The van der Waals surface area contributed by atoms with Gasteiger partial charge in [-0.05, 0) is 70.8 Å². The summed E-state index contributed by atoms with van der Waals surface area (Å²) in [7, 11) is 1.59. The molecule has 1 aromatic carbocycles. The van der Waals surface area contributed by atoms with Gasteiger partial charge >= 0.3 is 0 Å². The fourth-order valence-electron chi connectivity index (χ4n) is 3.77. The number of carbonyl (C=O) groups excluding carboxylic acids is 1. The third-order valence-electron chi connectivity index (χ3n) is 5.24. The first-order chi connectivity index (χ1) is 11.2. The minimum Gasteiger partial charge on any atom is -0.508 e. The molecule has 1 aliphatic carbocycles. The number of hydrogen-bond donors (Lipinski definition) is 1. The van der Waals surface area contributed by atoms with Crippen molar-refractivity contribution in [2.75, 3.05) is 7.11 Å². The van der Waals surface area contributed by atoms with E-state index in [4.69, 9.17) is 4.74 Å². The summed E-state index contributed by atoms with van der Waals surface area (Å²) in [5, 5.41) is 10.3. The van der Waals surface area contributed by atoms with Gasteiger partial charge in [-0.15, -0.1) is 6.58 Å². The number of carbonyl (C=O) groups is 1. The number of halogens is 1. The van der Waals surface area contributed by atoms with Crippen LogP contribution in [0, 0.1) is 17.3 Å². The second-order valence-corrected chi connectivity index (χ2v) is 7.92. The number of ether oxygens (including phenoxy) is 1. The number of ketones is 1. The average molecular weight is 393 g/mol. The van der Waals surface area contributed by atoms with Crippen molar-refractivity contribution < 1.29 is 14.6 Å². The van der Waals surface area contributed by atoms with Gasteiger partial charge in [-0.25, -0.2) is 0 Å². The molecule has 0 heterocycles. The van der Waals surface area contributed by atoms with Gasteiger partial charge in [-0.2, -0.15) is 0 Å². The molecule has 0 fully saturated rings. The number of methoxy groups -OCH3 is 1. The van der Waals surface area contributed by atoms with E-state index in [0.29, 0.717) is 16.6 Å². The van der Waals surface area contributed by atoms with Crippen LogP contribution >= 0.6 is 15.9 Å². The first-order valence-corrected chi connectivity index (χ1v) is 8.90. The summed E-state index contributed by atoms with van der Waals surface area (Å²) in [5.74, 6) is 1.04. The number of allylic oxidation sites excluding steroid dienone is 3. The highest BCUT2D eigenvalue weighted by Gasteiger charge is 2.44. The quantitative estimate of drug-likeness (QED) is 0.711. The Labute approximate surface area is 152 Å². The fraction of sp³-hybridized carbons (Fsp3) is 0.450. The molecule has 0 amide bonds. The summed E-state index contributed by atoms with van der Waals surface area (Å²) in [6.45, 7) is 10.1. The predicted octanol–water partition coefficient (Wildman–Crippen LogP) is 5.07. The van der Waals surface area contributed by atoms with Gasteiger partial charge in [-0.1, -0.05) is 25.5 Å². The Hall–Kier alpha value is -1.55. The molecular weight excluding hydrogens is 368 g/mol. The van der Waals surface area contributed by atoms with Crippen LogP contribution in [0.1, 0.15) is 32.8 Å². The third kappa shape index (κ3) is 3.44. The normalized spacial score (nSPS) is 22.9. The van der Waals surface area contributed by atoms with E-state index in [0.717, 1.165) is 17.6 Å². The van der Waals surface area contributed by atoms with E-state index >= 15 is 0 Å². The maximum Gasteiger partial charge on any atom is 0.159 e. The molecule has 0 aromatic heterocycles. The second kappa shape index (κ2) is 7.14. The Morgan fingerprint density at radius 1 is 1.38 bits per heavy atom. The average Bonchev–Trinajstić information content (AvgIpc) is 2.49. The largest absolute Gasteiger partial charge is 0.508 e. The van der Waals surface area contributed by atoms with Crippen LogP contribution in [0.4, 0.5) is 0 Å². The van der Waals surface area contributed by atoms with Gasteiger partial charge in [-0.3, -0.25) is 4.79 Å². The molecule has 3 nitrogen and oxygen atoms in total. The van der Waals surface area contributed by atoms with Gasteiger partial charge in [0.05, 0.1) is 11.6 Å². The van der Waals surface area contributed by atoms with Crippen LogP contribution in [0.5, 0.6) is 11.5 Å². The molecule has 2 atom stereocenters. The van der Waals surface area contributed by atoms with E-state index in [2.05, 4.69) is 36.4 Å². The van der Waals surface area contributed by atoms with Crippen LogP contribution in [0.25, 0.3) is 0 Å². The topological polar surface area (TPSA) is 46.5 Å². The van der Waals surface area contributed by atoms with Crippen molar-refractivity contribution in [2.24, 2.45) is 17.3 Å². The van der Waals surface area contributed by atoms with Crippen LogP contribution in [0.15, 0.2) is 40.9 Å². The second-order valence-electron chi connectivity index (χ2n) is 7.06. The molecule has 1 N–H and O–H groups in total. The molecular formula is C20H25BrO3. The van der Waals surface area contributed by atoms with Gasteiger partial charge in [0, 0.05) is 5.92 Å². The first-order valence-electron chi connectivity index (χ1n) is 8.10. The van der Waals surface area contributed by atoms with E-state index in [9.17, 15) is 9.90 Å². The van der Waals surface area contributed by atoms with Crippen LogP contribution in [-0.4, -0.2) is 18.0 Å². The Balaban J connectivity index is 2.41. The van der Waals surface area contributed by atoms with Crippen molar-refractivity contribution in [3.05, 3.63) is 46.5 Å². The van der Waals surface area contributed by atoms with E-state index in [1.165, 1.54) is 0 Å². The summed E-state index contributed by atoms with van der Waals surface area (Å²) in [4.78, 5) is 12.7. The Morgan fingerprint density at radius 2 is 2.04 bits per heavy atom. The molecule has 2 unspecified atom stereocenters. The SMILES string of the molecule is C=CCC1C(C)=CC(=O)C(Cc2cc(OC)c(Br)cc2O)C1(C)C. The molecule has 0 saturated carbocycles. The standard InChI is InChI=1S/C20H25BrO3/c1-6-7-14-12(2)8-18(23)15(20(14,3)4)9-13-10-19(24-5)16(21)11-17(13)22/h6,8,10-11,14-15,22H,1,7,9H2,2-5H3. The van der Waals surface area contributed by atoms with Crippen LogP contribution in [-0.2, 0) is 11.2 Å². The maximum absolute atomic E-state index is 12.7. The molecule has 0 radical (unpaired) electrons. The molecule has 4 heteroatoms. The van der Waals surface area contributed by atoms with E-state index in [-0.39, 0.29) is 28.8 Å². The zero-order chi connectivity index (χ0) is 18.1. The molecule has 1 aliphatic rings.